The molecule has 0 spiro atoms. The zero-order valence-corrected chi connectivity index (χ0v) is 15.1. The zero-order chi connectivity index (χ0) is 20.2. The number of carbonyl (C=O) groups is 2. The van der Waals surface area contributed by atoms with E-state index in [9.17, 15) is 26.8 Å². The average molecular weight is 398 g/mol. The van der Waals surface area contributed by atoms with Crippen LogP contribution in [0.15, 0.2) is 42.5 Å². The number of para-hydroxylation sites is 1. The Hall–Kier alpha value is -3.01. The topological polar surface area (TPSA) is 102 Å². The van der Waals surface area contributed by atoms with Gasteiger partial charge in [-0.25, -0.2) is 22.0 Å². The molecule has 1 atom stereocenters. The Morgan fingerprint density at radius 1 is 1.07 bits per heavy atom. The Labute approximate surface area is 154 Å². The van der Waals surface area contributed by atoms with Gasteiger partial charge < -0.3 is 10.1 Å². The van der Waals surface area contributed by atoms with E-state index >= 15 is 0 Å². The molecule has 0 fully saturated rings. The molecule has 1 amide bonds. The number of sulfonamides is 1. The summed E-state index contributed by atoms with van der Waals surface area (Å²) in [6.45, 7) is 1.25. The van der Waals surface area contributed by atoms with E-state index in [1.54, 1.807) is 0 Å². The summed E-state index contributed by atoms with van der Waals surface area (Å²) >= 11 is 0. The number of amides is 1. The van der Waals surface area contributed by atoms with Crippen LogP contribution in [-0.4, -0.2) is 32.7 Å². The number of hydrogen-bond donors (Lipinski definition) is 2. The molecule has 27 heavy (non-hydrogen) atoms. The van der Waals surface area contributed by atoms with E-state index in [1.165, 1.54) is 31.2 Å². The molecule has 0 saturated carbocycles. The Morgan fingerprint density at radius 3 is 2.37 bits per heavy atom. The summed E-state index contributed by atoms with van der Waals surface area (Å²) < 4.78 is 56.4. The molecule has 2 aromatic carbocycles. The molecule has 10 heteroatoms. The zero-order valence-electron chi connectivity index (χ0n) is 14.3. The van der Waals surface area contributed by atoms with E-state index in [0.29, 0.717) is 6.07 Å². The van der Waals surface area contributed by atoms with Crippen LogP contribution >= 0.6 is 0 Å². The number of rotatable bonds is 6. The molecule has 2 rings (SSSR count). The van der Waals surface area contributed by atoms with Gasteiger partial charge in [-0.2, -0.15) is 0 Å². The van der Waals surface area contributed by atoms with E-state index in [1.807, 2.05) is 0 Å². The Balaban J connectivity index is 2.10. The highest BCUT2D eigenvalue weighted by atomic mass is 32.2. The molecule has 0 heterocycles. The number of anilines is 2. The molecule has 0 aliphatic carbocycles. The summed E-state index contributed by atoms with van der Waals surface area (Å²) in [6, 6.07) is 8.26. The van der Waals surface area contributed by atoms with Gasteiger partial charge in [0, 0.05) is 6.07 Å². The highest BCUT2D eigenvalue weighted by Gasteiger charge is 2.22. The quantitative estimate of drug-likeness (QED) is 0.728. The van der Waals surface area contributed by atoms with Crippen molar-refractivity contribution in [3.05, 3.63) is 59.7 Å². The fourth-order valence-electron chi connectivity index (χ4n) is 2.05. The number of halogens is 2. The lowest BCUT2D eigenvalue weighted by molar-refractivity contribution is -0.123. The van der Waals surface area contributed by atoms with Crippen molar-refractivity contribution in [2.24, 2.45) is 0 Å². The molecule has 0 radical (unpaired) electrons. The van der Waals surface area contributed by atoms with Gasteiger partial charge >= 0.3 is 5.97 Å². The van der Waals surface area contributed by atoms with Crippen LogP contribution in [0.3, 0.4) is 0 Å². The largest absolute Gasteiger partial charge is 0.449 e. The average Bonchev–Trinajstić information content (AvgIpc) is 2.56. The third kappa shape index (κ3) is 5.74. The monoisotopic (exact) mass is 398 g/mol. The molecule has 0 aromatic heterocycles. The smallest absolute Gasteiger partial charge is 0.341 e. The van der Waals surface area contributed by atoms with Crippen LogP contribution in [0, 0.1) is 11.6 Å². The molecule has 0 aliphatic heterocycles. The number of hydrogen-bond acceptors (Lipinski definition) is 5. The minimum absolute atomic E-state index is 0.0119. The van der Waals surface area contributed by atoms with Gasteiger partial charge in [-0.15, -0.1) is 0 Å². The first-order chi connectivity index (χ1) is 12.6. The Morgan fingerprint density at radius 2 is 1.74 bits per heavy atom. The summed E-state index contributed by atoms with van der Waals surface area (Å²) in [5.74, 6) is -3.59. The van der Waals surface area contributed by atoms with E-state index < -0.39 is 39.6 Å². The summed E-state index contributed by atoms with van der Waals surface area (Å²) in [6.07, 6.45) is -0.407. The van der Waals surface area contributed by atoms with Crippen LogP contribution in [0.2, 0.25) is 0 Å². The number of ether oxygens (including phenoxy) is 1. The maximum Gasteiger partial charge on any atom is 0.341 e. The predicted octanol–water partition coefficient (Wildman–Crippen LogP) is 2.52. The van der Waals surface area contributed by atoms with Gasteiger partial charge in [0.25, 0.3) is 5.91 Å². The van der Waals surface area contributed by atoms with Crippen LogP contribution in [0.5, 0.6) is 0 Å². The van der Waals surface area contributed by atoms with Crippen LogP contribution < -0.4 is 10.0 Å². The van der Waals surface area contributed by atoms with Gasteiger partial charge in [-0.1, -0.05) is 12.1 Å². The van der Waals surface area contributed by atoms with E-state index in [2.05, 4.69) is 10.0 Å². The van der Waals surface area contributed by atoms with Crippen molar-refractivity contribution in [1.82, 2.24) is 0 Å². The maximum atomic E-state index is 13.6. The number of benzene rings is 2. The molecule has 0 saturated heterocycles. The molecular weight excluding hydrogens is 382 g/mol. The summed E-state index contributed by atoms with van der Waals surface area (Å²) in [5.41, 5.74) is -0.388. The molecule has 0 unspecified atom stereocenters. The molecule has 2 aromatic rings. The first-order valence-electron chi connectivity index (χ1n) is 7.60. The fourth-order valence-corrected chi connectivity index (χ4v) is 2.63. The van der Waals surface area contributed by atoms with Gasteiger partial charge in [-0.3, -0.25) is 9.52 Å². The van der Waals surface area contributed by atoms with Crippen molar-refractivity contribution in [2.75, 3.05) is 16.3 Å². The van der Waals surface area contributed by atoms with Crippen molar-refractivity contribution in [3.63, 3.8) is 0 Å². The first-order valence-corrected chi connectivity index (χ1v) is 9.49. The summed E-state index contributed by atoms with van der Waals surface area (Å²) in [5, 5.41) is 2.18. The lowest BCUT2D eigenvalue weighted by atomic mass is 10.2. The second-order valence-electron chi connectivity index (χ2n) is 5.58. The lowest BCUT2D eigenvalue weighted by Crippen LogP contribution is -2.30. The number of carbonyl (C=O) groups excluding carboxylic acids is 2. The van der Waals surface area contributed by atoms with Crippen LogP contribution in [0.4, 0.5) is 20.2 Å². The molecule has 2 N–H and O–H groups in total. The molecular formula is C17H16F2N2O5S. The minimum atomic E-state index is -3.64. The normalized spacial score (nSPS) is 12.1. The van der Waals surface area contributed by atoms with Gasteiger partial charge in [0.05, 0.1) is 23.2 Å². The predicted molar refractivity (Wildman–Crippen MR) is 94.8 cm³/mol. The van der Waals surface area contributed by atoms with E-state index in [0.717, 1.165) is 18.4 Å². The Kier molecular flexibility index (Phi) is 6.11. The van der Waals surface area contributed by atoms with Crippen LogP contribution in [0.1, 0.15) is 17.3 Å². The first kappa shape index (κ1) is 20.3. The maximum absolute atomic E-state index is 13.6. The molecule has 0 aliphatic rings. The Bertz CT molecular complexity index is 979. The molecule has 0 bridgehead atoms. The minimum Gasteiger partial charge on any atom is -0.449 e. The van der Waals surface area contributed by atoms with Crippen molar-refractivity contribution in [3.8, 4) is 0 Å². The SMILES string of the molecule is C[C@H](OC(=O)c1ccccc1NS(C)(=O)=O)C(=O)Nc1ccc(F)cc1F. The second-order valence-corrected chi connectivity index (χ2v) is 7.33. The second kappa shape index (κ2) is 8.12. The van der Waals surface area contributed by atoms with Crippen molar-refractivity contribution in [2.45, 2.75) is 13.0 Å². The third-order valence-corrected chi connectivity index (χ3v) is 3.88. The highest BCUT2D eigenvalue weighted by Crippen LogP contribution is 2.19. The number of nitrogens with one attached hydrogen (secondary N) is 2. The van der Waals surface area contributed by atoms with Crippen molar-refractivity contribution >= 4 is 33.3 Å². The summed E-state index contributed by atoms with van der Waals surface area (Å²) in [7, 11) is -3.64. The fraction of sp³-hybridized carbons (Fsp3) is 0.176. The van der Waals surface area contributed by atoms with Gasteiger partial charge in [0.2, 0.25) is 10.0 Å². The van der Waals surface area contributed by atoms with Crippen LogP contribution in [0.25, 0.3) is 0 Å². The van der Waals surface area contributed by atoms with E-state index in [4.69, 9.17) is 4.74 Å². The molecule has 144 valence electrons. The van der Waals surface area contributed by atoms with Gasteiger partial charge in [-0.05, 0) is 31.2 Å². The lowest BCUT2D eigenvalue weighted by Gasteiger charge is -2.15. The van der Waals surface area contributed by atoms with Gasteiger partial charge in [0.1, 0.15) is 11.6 Å². The third-order valence-electron chi connectivity index (χ3n) is 3.28. The van der Waals surface area contributed by atoms with Gasteiger partial charge in [0.15, 0.2) is 6.10 Å². The van der Waals surface area contributed by atoms with Crippen molar-refractivity contribution < 1.29 is 31.5 Å². The number of esters is 1. The highest BCUT2D eigenvalue weighted by molar-refractivity contribution is 7.92. The molecule has 7 nitrogen and oxygen atoms in total. The van der Waals surface area contributed by atoms with Crippen molar-refractivity contribution in [1.29, 1.82) is 0 Å². The van der Waals surface area contributed by atoms with E-state index in [-0.39, 0.29) is 16.9 Å². The van der Waals surface area contributed by atoms with Crippen LogP contribution in [-0.2, 0) is 19.6 Å². The standard InChI is InChI=1S/C17H16F2N2O5S/c1-10(16(22)20-15-8-7-11(18)9-13(15)19)26-17(23)12-5-3-4-6-14(12)21-27(2,24)25/h3-10,21H,1-2H3,(H,20,22)/t10-/m0/s1. The summed E-state index contributed by atoms with van der Waals surface area (Å²) in [4.78, 5) is 24.3.